The Hall–Kier alpha value is -3.45. The summed E-state index contributed by atoms with van der Waals surface area (Å²) < 4.78 is 1.70. The summed E-state index contributed by atoms with van der Waals surface area (Å²) in [5.74, 6) is -1.07. The van der Waals surface area contributed by atoms with Gasteiger partial charge in [-0.25, -0.2) is 4.68 Å². The summed E-state index contributed by atoms with van der Waals surface area (Å²) in [4.78, 5) is 38.3. The molecule has 1 N–H and O–H groups in total. The van der Waals surface area contributed by atoms with Crippen molar-refractivity contribution in [2.75, 3.05) is 12.4 Å². The minimum atomic E-state index is -0.386. The zero-order valence-corrected chi connectivity index (χ0v) is 17.4. The number of amides is 3. The molecule has 1 aromatic heterocycles. The number of imide groups is 1. The highest BCUT2D eigenvalue weighted by Gasteiger charge is 2.33. The van der Waals surface area contributed by atoms with Gasteiger partial charge in [0.2, 0.25) is 0 Å². The van der Waals surface area contributed by atoms with Gasteiger partial charge >= 0.3 is 0 Å². The Morgan fingerprint density at radius 2 is 1.80 bits per heavy atom. The van der Waals surface area contributed by atoms with Crippen LogP contribution in [-0.4, -0.2) is 39.4 Å². The van der Waals surface area contributed by atoms with E-state index >= 15 is 0 Å². The molecule has 2 aromatic carbocycles. The van der Waals surface area contributed by atoms with Crippen molar-refractivity contribution in [2.45, 2.75) is 19.8 Å². The number of carbonyl (C=O) groups excluding carboxylic acids is 3. The third-order valence-corrected chi connectivity index (χ3v) is 5.23. The molecular formula is C22H19ClN4O3. The van der Waals surface area contributed by atoms with Gasteiger partial charge in [-0.05, 0) is 42.3 Å². The smallest absolute Gasteiger partial charge is 0.261 e. The van der Waals surface area contributed by atoms with Gasteiger partial charge in [0.25, 0.3) is 17.7 Å². The molecule has 3 aromatic rings. The molecule has 1 aliphatic rings. The minimum absolute atomic E-state index is 0.0140. The molecular weight excluding hydrogens is 404 g/mol. The van der Waals surface area contributed by atoms with Crippen molar-refractivity contribution in [1.82, 2.24) is 14.7 Å². The van der Waals surface area contributed by atoms with E-state index in [0.717, 1.165) is 16.3 Å². The van der Waals surface area contributed by atoms with E-state index in [2.05, 4.69) is 10.4 Å². The molecule has 3 amide bonds. The first-order chi connectivity index (χ1) is 14.3. The summed E-state index contributed by atoms with van der Waals surface area (Å²) in [6.45, 7) is 3.95. The molecule has 4 rings (SSSR count). The number of halogens is 1. The second kappa shape index (κ2) is 7.42. The highest BCUT2D eigenvalue weighted by Crippen LogP contribution is 2.27. The third kappa shape index (κ3) is 3.27. The quantitative estimate of drug-likeness (QED) is 0.641. The molecule has 0 atom stereocenters. The lowest BCUT2D eigenvalue weighted by Gasteiger charge is -2.13. The van der Waals surface area contributed by atoms with Gasteiger partial charge in [-0.3, -0.25) is 19.3 Å². The Bertz CT molecular complexity index is 1200. The summed E-state index contributed by atoms with van der Waals surface area (Å²) in [6, 6.07) is 11.9. The summed E-state index contributed by atoms with van der Waals surface area (Å²) in [5, 5.41) is 7.78. The van der Waals surface area contributed by atoms with Crippen molar-refractivity contribution in [2.24, 2.45) is 0 Å². The molecule has 2 heterocycles. The molecule has 1 aliphatic heterocycles. The normalized spacial score (nSPS) is 13.2. The average molecular weight is 423 g/mol. The van der Waals surface area contributed by atoms with Crippen LogP contribution < -0.4 is 5.32 Å². The van der Waals surface area contributed by atoms with Crippen molar-refractivity contribution in [1.29, 1.82) is 0 Å². The van der Waals surface area contributed by atoms with Crippen LogP contribution in [0.15, 0.2) is 48.7 Å². The molecule has 30 heavy (non-hydrogen) atoms. The number of fused-ring (bicyclic) bond motifs is 1. The second-order valence-electron chi connectivity index (χ2n) is 7.37. The van der Waals surface area contributed by atoms with Crippen molar-refractivity contribution in [3.05, 3.63) is 76.1 Å². The number of rotatable bonds is 4. The van der Waals surface area contributed by atoms with Crippen LogP contribution in [0.1, 0.15) is 56.5 Å². The number of nitrogens with zero attached hydrogens (tertiary/aromatic N) is 3. The number of hydrogen-bond donors (Lipinski definition) is 1. The molecule has 0 aliphatic carbocycles. The van der Waals surface area contributed by atoms with Crippen molar-refractivity contribution >= 4 is 35.0 Å². The predicted molar refractivity (Wildman–Crippen MR) is 113 cm³/mol. The molecule has 0 saturated heterocycles. The number of benzene rings is 2. The number of hydrogen-bond acceptors (Lipinski definition) is 4. The zero-order valence-electron chi connectivity index (χ0n) is 16.6. The lowest BCUT2D eigenvalue weighted by Crippen LogP contribution is -2.24. The largest absolute Gasteiger partial charge is 0.322 e. The fourth-order valence-corrected chi connectivity index (χ4v) is 3.72. The fourth-order valence-electron chi connectivity index (χ4n) is 3.54. The Morgan fingerprint density at radius 1 is 1.07 bits per heavy atom. The van der Waals surface area contributed by atoms with E-state index in [1.807, 2.05) is 26.0 Å². The van der Waals surface area contributed by atoms with Crippen LogP contribution in [0.4, 0.5) is 5.69 Å². The van der Waals surface area contributed by atoms with Gasteiger partial charge in [-0.2, -0.15) is 5.10 Å². The van der Waals surface area contributed by atoms with Crippen LogP contribution in [0.5, 0.6) is 0 Å². The molecule has 0 unspecified atom stereocenters. The standard InChI is InChI=1S/C22H19ClN4O3/c1-12(2)19-18(11-24-27(19)15-6-4-5-13(23)9-15)20(28)25-14-7-8-16-17(10-14)22(30)26(3)21(16)29/h4-12H,1-3H3,(H,25,28). The summed E-state index contributed by atoms with van der Waals surface area (Å²) >= 11 is 6.11. The zero-order chi connectivity index (χ0) is 21.6. The first-order valence-corrected chi connectivity index (χ1v) is 9.77. The maximum Gasteiger partial charge on any atom is 0.261 e. The highest BCUT2D eigenvalue weighted by molar-refractivity contribution is 6.30. The van der Waals surface area contributed by atoms with Gasteiger partial charge in [-0.1, -0.05) is 31.5 Å². The van der Waals surface area contributed by atoms with Gasteiger partial charge in [0.1, 0.15) is 0 Å². The van der Waals surface area contributed by atoms with Gasteiger partial charge in [0, 0.05) is 17.8 Å². The van der Waals surface area contributed by atoms with Crippen molar-refractivity contribution < 1.29 is 14.4 Å². The Balaban J connectivity index is 1.67. The number of carbonyl (C=O) groups is 3. The molecule has 0 saturated carbocycles. The minimum Gasteiger partial charge on any atom is -0.322 e. The first-order valence-electron chi connectivity index (χ1n) is 9.39. The molecule has 7 nitrogen and oxygen atoms in total. The van der Waals surface area contributed by atoms with Crippen LogP contribution in [0.3, 0.4) is 0 Å². The van der Waals surface area contributed by atoms with E-state index in [-0.39, 0.29) is 29.2 Å². The fraction of sp³-hybridized carbons (Fsp3) is 0.182. The molecule has 0 bridgehead atoms. The number of aromatic nitrogens is 2. The van der Waals surface area contributed by atoms with Crippen LogP contribution in [-0.2, 0) is 0 Å². The summed E-state index contributed by atoms with van der Waals surface area (Å²) in [7, 11) is 1.43. The van der Waals surface area contributed by atoms with Gasteiger partial charge in [0.05, 0.1) is 34.3 Å². The monoisotopic (exact) mass is 422 g/mol. The lowest BCUT2D eigenvalue weighted by atomic mass is 10.0. The van der Waals surface area contributed by atoms with Gasteiger partial charge in [-0.15, -0.1) is 0 Å². The Labute approximate surface area is 178 Å². The molecule has 152 valence electrons. The first kappa shape index (κ1) is 19.8. The highest BCUT2D eigenvalue weighted by atomic mass is 35.5. The number of nitrogens with one attached hydrogen (secondary N) is 1. The molecule has 0 radical (unpaired) electrons. The van der Waals surface area contributed by atoms with Crippen LogP contribution >= 0.6 is 11.6 Å². The van der Waals surface area contributed by atoms with E-state index in [9.17, 15) is 14.4 Å². The summed E-state index contributed by atoms with van der Waals surface area (Å²) in [6.07, 6.45) is 1.52. The Kier molecular flexibility index (Phi) is 4.91. The predicted octanol–water partition coefficient (Wildman–Crippen LogP) is 4.13. The van der Waals surface area contributed by atoms with Crippen molar-refractivity contribution in [3.63, 3.8) is 0 Å². The van der Waals surface area contributed by atoms with Crippen LogP contribution in [0, 0.1) is 0 Å². The lowest BCUT2D eigenvalue weighted by molar-refractivity contribution is 0.0692. The van der Waals surface area contributed by atoms with Crippen molar-refractivity contribution in [3.8, 4) is 5.69 Å². The van der Waals surface area contributed by atoms with E-state index in [0.29, 0.717) is 21.8 Å². The topological polar surface area (TPSA) is 84.3 Å². The molecule has 0 fully saturated rings. The molecule has 8 heteroatoms. The second-order valence-corrected chi connectivity index (χ2v) is 7.81. The van der Waals surface area contributed by atoms with Gasteiger partial charge in [0.15, 0.2) is 0 Å². The maximum atomic E-state index is 13.0. The maximum absolute atomic E-state index is 13.0. The number of anilines is 1. The van der Waals surface area contributed by atoms with Gasteiger partial charge < -0.3 is 5.32 Å². The van der Waals surface area contributed by atoms with E-state index in [1.165, 1.54) is 19.3 Å². The van der Waals surface area contributed by atoms with E-state index < -0.39 is 0 Å². The SMILES string of the molecule is CC(C)c1c(C(=O)Nc2ccc3c(c2)C(=O)N(C)C3=O)cnn1-c1cccc(Cl)c1. The summed E-state index contributed by atoms with van der Waals surface area (Å²) in [5.41, 5.74) is 2.96. The average Bonchev–Trinajstić information content (AvgIpc) is 3.25. The molecule has 0 spiro atoms. The Morgan fingerprint density at radius 3 is 2.50 bits per heavy atom. The van der Waals surface area contributed by atoms with E-state index in [1.54, 1.807) is 28.9 Å². The van der Waals surface area contributed by atoms with Crippen LogP contribution in [0.2, 0.25) is 5.02 Å². The van der Waals surface area contributed by atoms with E-state index in [4.69, 9.17) is 11.6 Å². The third-order valence-electron chi connectivity index (χ3n) is 5.00. The van der Waals surface area contributed by atoms with Crippen LogP contribution in [0.25, 0.3) is 5.69 Å².